The number of sulfonamides is 1. The fourth-order valence-electron chi connectivity index (χ4n) is 3.26. The number of ether oxygens (including phenoxy) is 1. The van der Waals surface area contributed by atoms with Crippen molar-refractivity contribution in [2.24, 2.45) is 0 Å². The van der Waals surface area contributed by atoms with Gasteiger partial charge in [-0.2, -0.15) is 0 Å². The van der Waals surface area contributed by atoms with Gasteiger partial charge >= 0.3 is 0 Å². The smallest absolute Gasteiger partial charge is 0.272 e. The summed E-state index contributed by atoms with van der Waals surface area (Å²) in [6.45, 7) is 0. The average Bonchev–Trinajstić information content (AvgIpc) is 2.93. The Balaban J connectivity index is 1.99. The molecule has 1 aromatic carbocycles. The van der Waals surface area contributed by atoms with Gasteiger partial charge in [-0.25, -0.2) is 8.42 Å². The summed E-state index contributed by atoms with van der Waals surface area (Å²) < 4.78 is 35.0. The van der Waals surface area contributed by atoms with E-state index in [-0.39, 0.29) is 4.21 Å². The Morgan fingerprint density at radius 3 is 2.65 bits per heavy atom. The summed E-state index contributed by atoms with van der Waals surface area (Å²) in [7, 11) is 2.05. The van der Waals surface area contributed by atoms with Crippen LogP contribution in [0, 0.1) is 0 Å². The van der Waals surface area contributed by atoms with E-state index in [2.05, 4.69) is 39.6 Å². The number of likely N-dealkylation sites (N-methyl/N-ethyl adjacent to an activating group) is 1. The average molecular weight is 480 g/mol. The highest BCUT2D eigenvalue weighted by Gasteiger charge is 2.28. The van der Waals surface area contributed by atoms with Crippen LogP contribution in [0.15, 0.2) is 26.9 Å². The minimum atomic E-state index is -3.72. The van der Waals surface area contributed by atoms with Crippen molar-refractivity contribution in [3.05, 3.63) is 38.1 Å². The Bertz CT molecular complexity index is 928. The molecule has 0 saturated carbocycles. The van der Waals surface area contributed by atoms with E-state index >= 15 is 0 Å². The number of methoxy groups -OCH3 is 1. The normalized spacial score (nSPS) is 17.2. The molecule has 0 fully saturated rings. The number of rotatable bonds is 5. The fourth-order valence-corrected chi connectivity index (χ4v) is 7.36. The van der Waals surface area contributed by atoms with Crippen LogP contribution < -0.4 is 9.46 Å². The molecule has 3 rings (SSSR count). The summed E-state index contributed by atoms with van der Waals surface area (Å²) >= 11 is 10.2. The van der Waals surface area contributed by atoms with Gasteiger partial charge < -0.3 is 9.64 Å². The molecular weight excluding hydrogens is 460 g/mol. The Morgan fingerprint density at radius 1 is 1.35 bits per heavy atom. The van der Waals surface area contributed by atoms with Crippen LogP contribution in [0.25, 0.3) is 0 Å². The Labute approximate surface area is 171 Å². The van der Waals surface area contributed by atoms with Gasteiger partial charge in [0.2, 0.25) is 0 Å². The minimum absolute atomic E-state index is 0.175. The standard InChI is InChI=1S/C17H20BrClN2O3S2/c1-21(2)10-4-5-11-12(8-10)15(24-3)7-6-14(11)20-26(22,23)17-13(18)9-16(19)25-17/h6-7,9-10,20H,4-5,8H2,1-3H3. The number of thiophene rings is 1. The van der Waals surface area contributed by atoms with Gasteiger partial charge in [-0.15, -0.1) is 11.3 Å². The molecule has 9 heteroatoms. The Morgan fingerprint density at radius 2 is 2.08 bits per heavy atom. The lowest BCUT2D eigenvalue weighted by atomic mass is 9.86. The minimum Gasteiger partial charge on any atom is -0.496 e. The van der Waals surface area contributed by atoms with E-state index in [4.69, 9.17) is 16.3 Å². The molecule has 26 heavy (non-hydrogen) atoms. The maximum Gasteiger partial charge on any atom is 0.272 e. The topological polar surface area (TPSA) is 58.6 Å². The molecule has 1 heterocycles. The van der Waals surface area contributed by atoms with Crippen molar-refractivity contribution in [2.45, 2.75) is 29.5 Å². The predicted molar refractivity (Wildman–Crippen MR) is 110 cm³/mol. The van der Waals surface area contributed by atoms with Gasteiger partial charge in [-0.3, -0.25) is 4.72 Å². The van der Waals surface area contributed by atoms with Crippen molar-refractivity contribution in [1.82, 2.24) is 4.90 Å². The maximum atomic E-state index is 12.8. The molecule has 0 amide bonds. The highest BCUT2D eigenvalue weighted by atomic mass is 79.9. The molecule has 5 nitrogen and oxygen atoms in total. The van der Waals surface area contributed by atoms with Crippen LogP contribution in [-0.2, 0) is 22.9 Å². The Kier molecular flexibility index (Phi) is 5.89. The largest absolute Gasteiger partial charge is 0.496 e. The van der Waals surface area contributed by atoms with Crippen LogP contribution in [-0.4, -0.2) is 40.6 Å². The van der Waals surface area contributed by atoms with Gasteiger partial charge in [0.25, 0.3) is 10.0 Å². The molecule has 1 aliphatic carbocycles. The zero-order valence-corrected chi connectivity index (χ0v) is 18.7. The van der Waals surface area contributed by atoms with Gasteiger partial charge in [0.15, 0.2) is 4.21 Å². The summed E-state index contributed by atoms with van der Waals surface area (Å²) in [4.78, 5) is 2.20. The molecular formula is C17H20BrClN2O3S2. The van der Waals surface area contributed by atoms with Crippen molar-refractivity contribution in [3.63, 3.8) is 0 Å². The molecule has 142 valence electrons. The van der Waals surface area contributed by atoms with Crippen molar-refractivity contribution >= 4 is 54.6 Å². The van der Waals surface area contributed by atoms with Crippen LogP contribution in [0.2, 0.25) is 4.34 Å². The number of nitrogens with zero attached hydrogens (tertiary/aromatic N) is 1. The molecule has 1 unspecified atom stereocenters. The first-order valence-electron chi connectivity index (χ1n) is 8.05. The second-order valence-corrected chi connectivity index (χ2v) is 10.8. The molecule has 0 bridgehead atoms. The van der Waals surface area contributed by atoms with Crippen LogP contribution >= 0.6 is 38.9 Å². The number of nitrogens with one attached hydrogen (secondary N) is 1. The highest BCUT2D eigenvalue weighted by Crippen LogP contribution is 2.39. The van der Waals surface area contributed by atoms with E-state index in [1.165, 1.54) is 0 Å². The number of anilines is 1. The maximum absolute atomic E-state index is 12.8. The first-order valence-corrected chi connectivity index (χ1v) is 11.5. The fraction of sp³-hybridized carbons (Fsp3) is 0.412. The molecule has 1 atom stereocenters. The third kappa shape index (κ3) is 3.89. The summed E-state index contributed by atoms with van der Waals surface area (Å²) in [6.07, 6.45) is 2.59. The number of hydrogen-bond donors (Lipinski definition) is 1. The first kappa shape index (κ1) is 19.9. The van der Waals surface area contributed by atoms with E-state index < -0.39 is 10.0 Å². The van der Waals surface area contributed by atoms with E-state index in [9.17, 15) is 8.42 Å². The zero-order chi connectivity index (χ0) is 19.1. The second-order valence-electron chi connectivity index (χ2n) is 6.42. The van der Waals surface area contributed by atoms with Crippen LogP contribution in [0.5, 0.6) is 5.75 Å². The molecule has 0 radical (unpaired) electrons. The number of fused-ring (bicyclic) bond motifs is 1. The van der Waals surface area contributed by atoms with Gasteiger partial charge in [-0.1, -0.05) is 11.6 Å². The van der Waals surface area contributed by atoms with Gasteiger partial charge in [0, 0.05) is 11.6 Å². The van der Waals surface area contributed by atoms with Crippen LogP contribution in [0.3, 0.4) is 0 Å². The van der Waals surface area contributed by atoms with Gasteiger partial charge in [0.1, 0.15) is 5.75 Å². The lowest BCUT2D eigenvalue weighted by molar-refractivity contribution is 0.265. The molecule has 1 N–H and O–H groups in total. The molecule has 1 aliphatic rings. The first-order chi connectivity index (χ1) is 12.2. The summed E-state index contributed by atoms with van der Waals surface area (Å²) in [5.41, 5.74) is 2.68. The predicted octanol–water partition coefficient (Wildman–Crippen LogP) is 4.39. The van der Waals surface area contributed by atoms with Gasteiger partial charge in [-0.05, 0) is 73.1 Å². The van der Waals surface area contributed by atoms with E-state index in [0.29, 0.717) is 20.5 Å². The molecule has 2 aromatic rings. The summed E-state index contributed by atoms with van der Waals surface area (Å²) in [5, 5.41) is 0. The Hall–Kier alpha value is -0.800. The monoisotopic (exact) mass is 478 g/mol. The number of benzene rings is 1. The third-order valence-corrected chi connectivity index (χ3v) is 8.93. The molecule has 1 aromatic heterocycles. The van der Waals surface area contributed by atoms with Crippen molar-refractivity contribution in [1.29, 1.82) is 0 Å². The molecule has 0 saturated heterocycles. The highest BCUT2D eigenvalue weighted by molar-refractivity contribution is 9.10. The summed E-state index contributed by atoms with van der Waals surface area (Å²) in [5.74, 6) is 0.801. The number of halogens is 2. The van der Waals surface area contributed by atoms with E-state index in [1.807, 2.05) is 6.07 Å². The van der Waals surface area contributed by atoms with Crippen LogP contribution in [0.4, 0.5) is 5.69 Å². The van der Waals surface area contributed by atoms with Crippen LogP contribution in [0.1, 0.15) is 17.5 Å². The molecule has 0 spiro atoms. The summed E-state index contributed by atoms with van der Waals surface area (Å²) in [6, 6.07) is 5.60. The van der Waals surface area contributed by atoms with E-state index in [1.54, 1.807) is 19.2 Å². The third-order valence-electron chi connectivity index (χ3n) is 4.62. The molecule has 0 aliphatic heterocycles. The number of hydrogen-bond acceptors (Lipinski definition) is 5. The van der Waals surface area contributed by atoms with Crippen molar-refractivity contribution < 1.29 is 13.2 Å². The van der Waals surface area contributed by atoms with Gasteiger partial charge in [0.05, 0.1) is 21.6 Å². The lowest BCUT2D eigenvalue weighted by Crippen LogP contribution is -2.34. The van der Waals surface area contributed by atoms with E-state index in [0.717, 1.165) is 47.5 Å². The quantitative estimate of drug-likeness (QED) is 0.691. The SMILES string of the molecule is COc1ccc(NS(=O)(=O)c2sc(Cl)cc2Br)c2c1CC(N(C)C)CC2. The second kappa shape index (κ2) is 7.67. The van der Waals surface area contributed by atoms with Crippen molar-refractivity contribution in [3.8, 4) is 5.75 Å². The zero-order valence-electron chi connectivity index (χ0n) is 14.7. The lowest BCUT2D eigenvalue weighted by Gasteiger charge is -2.32. The van der Waals surface area contributed by atoms with Crippen molar-refractivity contribution in [2.75, 3.05) is 25.9 Å².